The van der Waals surface area contributed by atoms with Crippen molar-refractivity contribution in [2.24, 2.45) is 0 Å². The number of ether oxygens (including phenoxy) is 1. The third-order valence-corrected chi connectivity index (χ3v) is 5.10. The zero-order valence-electron chi connectivity index (χ0n) is 16.7. The summed E-state index contributed by atoms with van der Waals surface area (Å²) in [6.07, 6.45) is 0. The summed E-state index contributed by atoms with van der Waals surface area (Å²) in [6, 6.07) is 9.53. The molecule has 0 bridgehead atoms. The molecule has 0 aliphatic carbocycles. The molecule has 0 saturated carbocycles. The molecule has 28 heavy (non-hydrogen) atoms. The van der Waals surface area contributed by atoms with Gasteiger partial charge in [0.25, 0.3) is 0 Å². The van der Waals surface area contributed by atoms with Gasteiger partial charge in [-0.3, -0.25) is 0 Å². The highest BCUT2D eigenvalue weighted by molar-refractivity contribution is 6.37. The van der Waals surface area contributed by atoms with E-state index in [0.29, 0.717) is 5.75 Å². The smallest absolute Gasteiger partial charge is 0.190 e. The number of hydrogen-bond donors (Lipinski definition) is 1. The summed E-state index contributed by atoms with van der Waals surface area (Å²) < 4.78 is 6.15. The lowest BCUT2D eigenvalue weighted by molar-refractivity contribution is 0.392. The number of halogens is 2. The zero-order valence-corrected chi connectivity index (χ0v) is 18.2. The predicted molar refractivity (Wildman–Crippen MR) is 111 cm³/mol. The summed E-state index contributed by atoms with van der Waals surface area (Å²) in [5.41, 5.74) is 0.996. The molecule has 0 saturated heterocycles. The van der Waals surface area contributed by atoms with Gasteiger partial charge in [0.15, 0.2) is 11.5 Å². The highest BCUT2D eigenvalue weighted by Crippen LogP contribution is 2.49. The van der Waals surface area contributed by atoms with Crippen molar-refractivity contribution in [2.75, 3.05) is 0 Å². The van der Waals surface area contributed by atoms with Crippen LogP contribution in [0.15, 0.2) is 18.2 Å². The maximum atomic E-state index is 10.6. The van der Waals surface area contributed by atoms with Gasteiger partial charge in [0.1, 0.15) is 27.9 Å². The standard InChI is InChI=1S/C22H22Cl2N2O2/c1-21(2,3)14-8-7-9-15(22(4,5)6)19(14)28-20-17(24)13(11-26)12(10-25)16(23)18(20)27/h7-9,27H,1-6H3. The van der Waals surface area contributed by atoms with E-state index in [-0.39, 0.29) is 37.8 Å². The first-order chi connectivity index (χ1) is 12.8. The third kappa shape index (κ3) is 3.90. The lowest BCUT2D eigenvalue weighted by Gasteiger charge is -2.29. The SMILES string of the molecule is CC(C)(C)c1cccc(C(C)(C)C)c1Oc1c(O)c(Cl)c(C#N)c(C#N)c1Cl. The number of aromatic hydroxyl groups is 1. The van der Waals surface area contributed by atoms with Crippen LogP contribution in [0.25, 0.3) is 0 Å². The molecule has 0 atom stereocenters. The van der Waals surface area contributed by atoms with E-state index in [1.54, 1.807) is 6.07 Å². The Hall–Kier alpha value is -2.40. The molecule has 2 aromatic carbocycles. The molecule has 2 aromatic rings. The molecule has 0 amide bonds. The molecular weight excluding hydrogens is 395 g/mol. The van der Waals surface area contributed by atoms with Crippen LogP contribution >= 0.6 is 23.2 Å². The van der Waals surface area contributed by atoms with Crippen molar-refractivity contribution < 1.29 is 9.84 Å². The van der Waals surface area contributed by atoms with Crippen LogP contribution < -0.4 is 4.74 Å². The Morgan fingerprint density at radius 3 is 1.64 bits per heavy atom. The molecule has 0 aliphatic heterocycles. The average molecular weight is 417 g/mol. The summed E-state index contributed by atoms with van der Waals surface area (Å²) in [4.78, 5) is 0. The fourth-order valence-corrected chi connectivity index (χ4v) is 3.38. The fourth-order valence-electron chi connectivity index (χ4n) is 2.89. The van der Waals surface area contributed by atoms with Gasteiger partial charge in [-0.1, -0.05) is 82.9 Å². The van der Waals surface area contributed by atoms with Gasteiger partial charge >= 0.3 is 0 Å². The molecular formula is C22H22Cl2N2O2. The van der Waals surface area contributed by atoms with Crippen LogP contribution in [0.1, 0.15) is 63.8 Å². The predicted octanol–water partition coefficient (Wildman–Crippen LogP) is 6.83. The molecule has 0 fully saturated rings. The molecule has 0 heterocycles. The highest BCUT2D eigenvalue weighted by Gasteiger charge is 2.30. The highest BCUT2D eigenvalue weighted by atomic mass is 35.5. The van der Waals surface area contributed by atoms with E-state index in [9.17, 15) is 15.6 Å². The number of rotatable bonds is 2. The molecule has 4 nitrogen and oxygen atoms in total. The maximum Gasteiger partial charge on any atom is 0.190 e. The minimum absolute atomic E-state index is 0.132. The maximum absolute atomic E-state index is 10.6. The molecule has 0 aliphatic rings. The molecule has 0 spiro atoms. The summed E-state index contributed by atoms with van der Waals surface area (Å²) in [7, 11) is 0. The molecule has 1 N–H and O–H groups in total. The van der Waals surface area contributed by atoms with Gasteiger partial charge < -0.3 is 9.84 Å². The van der Waals surface area contributed by atoms with Crippen molar-refractivity contribution in [3.63, 3.8) is 0 Å². The van der Waals surface area contributed by atoms with Crippen LogP contribution in [0.3, 0.4) is 0 Å². The Bertz CT molecular complexity index is 985. The van der Waals surface area contributed by atoms with Crippen LogP contribution in [0.5, 0.6) is 17.2 Å². The van der Waals surface area contributed by atoms with Gasteiger partial charge in [-0.15, -0.1) is 0 Å². The molecule has 0 aromatic heterocycles. The topological polar surface area (TPSA) is 77.0 Å². The van der Waals surface area contributed by atoms with Crippen LogP contribution in [0.4, 0.5) is 0 Å². The van der Waals surface area contributed by atoms with Gasteiger partial charge in [0.05, 0.1) is 11.1 Å². The zero-order chi connectivity index (χ0) is 21.4. The molecule has 2 rings (SSSR count). The van der Waals surface area contributed by atoms with Crippen LogP contribution in [0, 0.1) is 22.7 Å². The summed E-state index contributed by atoms with van der Waals surface area (Å²) in [5.74, 6) is -0.0560. The minimum Gasteiger partial charge on any atom is -0.503 e. The Kier molecular flexibility index (Phi) is 5.90. The first kappa shape index (κ1) is 21.9. The third-order valence-electron chi connectivity index (χ3n) is 4.37. The lowest BCUT2D eigenvalue weighted by atomic mass is 9.79. The van der Waals surface area contributed by atoms with Gasteiger partial charge in [-0.25, -0.2) is 0 Å². The number of phenolic OH excluding ortho intramolecular Hbond substituents is 1. The van der Waals surface area contributed by atoms with Crippen LogP contribution in [0.2, 0.25) is 10.0 Å². The Morgan fingerprint density at radius 2 is 1.25 bits per heavy atom. The quantitative estimate of drug-likeness (QED) is 0.581. The van der Waals surface area contributed by atoms with Crippen LogP contribution in [-0.2, 0) is 10.8 Å². The number of phenols is 1. The molecule has 0 radical (unpaired) electrons. The van der Waals surface area contributed by atoms with Gasteiger partial charge in [-0.2, -0.15) is 10.5 Å². The second-order valence-corrected chi connectivity index (χ2v) is 9.32. The van der Waals surface area contributed by atoms with Crippen molar-refractivity contribution >= 4 is 23.2 Å². The van der Waals surface area contributed by atoms with E-state index in [2.05, 4.69) is 41.5 Å². The molecule has 0 unspecified atom stereocenters. The van der Waals surface area contributed by atoms with Crippen molar-refractivity contribution in [1.82, 2.24) is 0 Å². The second kappa shape index (κ2) is 7.55. The Labute approximate surface area is 175 Å². The second-order valence-electron chi connectivity index (χ2n) is 8.56. The van der Waals surface area contributed by atoms with Crippen molar-refractivity contribution in [2.45, 2.75) is 52.4 Å². The number of benzene rings is 2. The Morgan fingerprint density at radius 1 is 0.821 bits per heavy atom. The fraction of sp³-hybridized carbons (Fsp3) is 0.364. The average Bonchev–Trinajstić information content (AvgIpc) is 2.59. The number of nitrogens with zero attached hydrogens (tertiary/aromatic N) is 2. The van der Waals surface area contributed by atoms with E-state index in [1.807, 2.05) is 24.3 Å². The van der Waals surface area contributed by atoms with Crippen LogP contribution in [-0.4, -0.2) is 5.11 Å². The number of hydrogen-bond acceptors (Lipinski definition) is 4. The minimum atomic E-state index is -0.467. The Balaban J connectivity index is 2.86. The van der Waals surface area contributed by atoms with Crippen molar-refractivity contribution in [3.05, 3.63) is 50.5 Å². The summed E-state index contributed by atoms with van der Waals surface area (Å²) in [6.45, 7) is 12.3. The number of para-hydroxylation sites is 1. The molecule has 6 heteroatoms. The van der Waals surface area contributed by atoms with Crippen molar-refractivity contribution in [3.8, 4) is 29.4 Å². The van der Waals surface area contributed by atoms with E-state index >= 15 is 0 Å². The van der Waals surface area contributed by atoms with Gasteiger partial charge in [0.2, 0.25) is 0 Å². The largest absolute Gasteiger partial charge is 0.503 e. The monoisotopic (exact) mass is 416 g/mol. The summed E-state index contributed by atoms with van der Waals surface area (Å²) in [5, 5.41) is 28.8. The lowest BCUT2D eigenvalue weighted by Crippen LogP contribution is -2.18. The van der Waals surface area contributed by atoms with Crippen molar-refractivity contribution in [1.29, 1.82) is 10.5 Å². The first-order valence-electron chi connectivity index (χ1n) is 8.70. The van der Waals surface area contributed by atoms with E-state index in [4.69, 9.17) is 27.9 Å². The van der Waals surface area contributed by atoms with Gasteiger partial charge in [-0.05, 0) is 10.8 Å². The normalized spacial score (nSPS) is 11.6. The van der Waals surface area contributed by atoms with E-state index in [1.165, 1.54) is 0 Å². The van der Waals surface area contributed by atoms with Gasteiger partial charge in [0, 0.05) is 11.1 Å². The van der Waals surface area contributed by atoms with E-state index in [0.717, 1.165) is 11.1 Å². The van der Waals surface area contributed by atoms with E-state index < -0.39 is 5.75 Å². The number of nitriles is 2. The first-order valence-corrected chi connectivity index (χ1v) is 9.46. The summed E-state index contributed by atoms with van der Waals surface area (Å²) >= 11 is 12.5. The molecule has 146 valence electrons.